The summed E-state index contributed by atoms with van der Waals surface area (Å²) in [5, 5.41) is 5.48. The van der Waals surface area contributed by atoms with Crippen molar-refractivity contribution in [1.29, 1.82) is 0 Å². The molecule has 0 aliphatic rings. The zero-order valence-corrected chi connectivity index (χ0v) is 13.7. The topological polar surface area (TPSA) is 84.2 Å². The van der Waals surface area contributed by atoms with Crippen molar-refractivity contribution in [2.24, 2.45) is 17.1 Å². The number of amides is 2. The van der Waals surface area contributed by atoms with E-state index in [-0.39, 0.29) is 29.7 Å². The van der Waals surface area contributed by atoms with Gasteiger partial charge in [-0.1, -0.05) is 34.6 Å². The third kappa shape index (κ3) is 9.78. The molecule has 5 nitrogen and oxygen atoms in total. The number of rotatable bonds is 7. The van der Waals surface area contributed by atoms with Crippen LogP contribution in [-0.2, 0) is 9.59 Å². The molecule has 0 aromatic carbocycles. The van der Waals surface area contributed by atoms with Crippen molar-refractivity contribution in [2.75, 3.05) is 6.54 Å². The molecule has 0 radical (unpaired) electrons. The van der Waals surface area contributed by atoms with Crippen LogP contribution in [0.5, 0.6) is 0 Å². The summed E-state index contributed by atoms with van der Waals surface area (Å²) in [7, 11) is 0. The molecule has 0 aromatic rings. The van der Waals surface area contributed by atoms with Gasteiger partial charge in [0.2, 0.25) is 11.8 Å². The first-order valence-electron chi connectivity index (χ1n) is 7.34. The maximum Gasteiger partial charge on any atom is 0.242 e. The second-order valence-electron chi connectivity index (χ2n) is 7.16. The quantitative estimate of drug-likeness (QED) is 0.661. The van der Waals surface area contributed by atoms with Crippen LogP contribution >= 0.6 is 0 Å². The third-order valence-corrected chi connectivity index (χ3v) is 2.78. The van der Waals surface area contributed by atoms with E-state index < -0.39 is 6.04 Å². The van der Waals surface area contributed by atoms with E-state index in [1.807, 2.05) is 13.8 Å². The molecule has 0 spiro atoms. The Hall–Kier alpha value is -1.10. The van der Waals surface area contributed by atoms with Crippen molar-refractivity contribution in [2.45, 2.75) is 66.5 Å². The minimum Gasteiger partial charge on any atom is -0.354 e. The van der Waals surface area contributed by atoms with Gasteiger partial charge in [-0.2, -0.15) is 0 Å². The van der Waals surface area contributed by atoms with Crippen molar-refractivity contribution >= 4 is 11.8 Å². The SMILES string of the molecule is CC(C)CNC(=O)C(C)NC(=O)CC(N)CC(C)(C)C. The lowest BCUT2D eigenvalue weighted by molar-refractivity contribution is -0.128. The standard InChI is InChI=1S/C15H31N3O2/c1-10(2)9-17-14(20)11(3)18-13(19)7-12(16)8-15(4,5)6/h10-12H,7-9,16H2,1-6H3,(H,17,20)(H,18,19). The first-order chi connectivity index (χ1) is 9.01. The van der Waals surface area contributed by atoms with E-state index in [1.54, 1.807) is 6.92 Å². The lowest BCUT2D eigenvalue weighted by Crippen LogP contribution is -2.47. The zero-order valence-electron chi connectivity index (χ0n) is 13.7. The van der Waals surface area contributed by atoms with Gasteiger partial charge in [0.05, 0.1) is 0 Å². The van der Waals surface area contributed by atoms with Crippen molar-refractivity contribution < 1.29 is 9.59 Å². The molecule has 0 aliphatic carbocycles. The van der Waals surface area contributed by atoms with E-state index in [1.165, 1.54) is 0 Å². The molecule has 0 fully saturated rings. The van der Waals surface area contributed by atoms with Gasteiger partial charge in [0, 0.05) is 19.0 Å². The Bertz CT molecular complexity index is 322. The first kappa shape index (κ1) is 18.9. The van der Waals surface area contributed by atoms with Crippen LogP contribution < -0.4 is 16.4 Å². The molecule has 0 aliphatic heterocycles. The Kier molecular flexibility index (Phi) is 7.79. The van der Waals surface area contributed by atoms with Gasteiger partial charge in [-0.3, -0.25) is 9.59 Å². The van der Waals surface area contributed by atoms with E-state index >= 15 is 0 Å². The molecule has 0 aromatic heterocycles. The minimum absolute atomic E-state index is 0.0972. The van der Waals surface area contributed by atoms with Crippen molar-refractivity contribution in [3.63, 3.8) is 0 Å². The number of nitrogens with one attached hydrogen (secondary N) is 2. The smallest absolute Gasteiger partial charge is 0.242 e. The van der Waals surface area contributed by atoms with Gasteiger partial charge >= 0.3 is 0 Å². The Balaban J connectivity index is 4.10. The van der Waals surface area contributed by atoms with Crippen LogP contribution in [0.3, 0.4) is 0 Å². The van der Waals surface area contributed by atoms with Crippen LogP contribution in [0, 0.1) is 11.3 Å². The average Bonchev–Trinajstić information content (AvgIpc) is 2.22. The fourth-order valence-corrected chi connectivity index (χ4v) is 1.92. The maximum absolute atomic E-state index is 11.8. The highest BCUT2D eigenvalue weighted by Crippen LogP contribution is 2.20. The predicted molar refractivity (Wildman–Crippen MR) is 82.1 cm³/mol. The van der Waals surface area contributed by atoms with Gasteiger partial charge in [-0.05, 0) is 24.7 Å². The summed E-state index contributed by atoms with van der Waals surface area (Å²) in [6.07, 6.45) is 1.02. The highest BCUT2D eigenvalue weighted by atomic mass is 16.2. The second-order valence-corrected chi connectivity index (χ2v) is 7.16. The zero-order chi connectivity index (χ0) is 15.9. The highest BCUT2D eigenvalue weighted by molar-refractivity contribution is 5.87. The second kappa shape index (κ2) is 8.25. The molecule has 0 heterocycles. The fourth-order valence-electron chi connectivity index (χ4n) is 1.92. The summed E-state index contributed by atoms with van der Waals surface area (Å²) in [5.41, 5.74) is 6.05. The van der Waals surface area contributed by atoms with Gasteiger partial charge in [0.1, 0.15) is 6.04 Å². The first-order valence-corrected chi connectivity index (χ1v) is 7.34. The molecule has 118 valence electrons. The van der Waals surface area contributed by atoms with Gasteiger partial charge in [-0.25, -0.2) is 0 Å². The molecule has 0 saturated heterocycles. The maximum atomic E-state index is 11.8. The monoisotopic (exact) mass is 285 g/mol. The number of carbonyl (C=O) groups excluding carboxylic acids is 2. The summed E-state index contributed by atoms with van der Waals surface area (Å²) >= 11 is 0. The molecular formula is C15H31N3O2. The average molecular weight is 285 g/mol. The van der Waals surface area contributed by atoms with Crippen LogP contribution in [-0.4, -0.2) is 30.4 Å². The van der Waals surface area contributed by atoms with Crippen LogP contribution in [0.15, 0.2) is 0 Å². The largest absolute Gasteiger partial charge is 0.354 e. The molecule has 0 saturated carbocycles. The Morgan fingerprint density at radius 3 is 2.15 bits per heavy atom. The number of carbonyl (C=O) groups is 2. The molecule has 2 amide bonds. The lowest BCUT2D eigenvalue weighted by Gasteiger charge is -2.23. The van der Waals surface area contributed by atoms with E-state index in [4.69, 9.17) is 5.73 Å². The molecular weight excluding hydrogens is 254 g/mol. The molecule has 20 heavy (non-hydrogen) atoms. The molecule has 2 atom stereocenters. The molecule has 2 unspecified atom stereocenters. The van der Waals surface area contributed by atoms with E-state index in [2.05, 4.69) is 31.4 Å². The number of hydrogen-bond acceptors (Lipinski definition) is 3. The number of nitrogens with two attached hydrogens (primary N) is 1. The summed E-state index contributed by atoms with van der Waals surface area (Å²) in [4.78, 5) is 23.6. The van der Waals surface area contributed by atoms with Gasteiger partial charge in [0.15, 0.2) is 0 Å². The summed E-state index contributed by atoms with van der Waals surface area (Å²) in [5.74, 6) is 0.0625. The van der Waals surface area contributed by atoms with Gasteiger partial charge in [-0.15, -0.1) is 0 Å². The fraction of sp³-hybridized carbons (Fsp3) is 0.867. The van der Waals surface area contributed by atoms with E-state index in [0.717, 1.165) is 6.42 Å². The van der Waals surface area contributed by atoms with Crippen LogP contribution in [0.25, 0.3) is 0 Å². The van der Waals surface area contributed by atoms with Crippen molar-refractivity contribution in [1.82, 2.24) is 10.6 Å². The van der Waals surface area contributed by atoms with Gasteiger partial charge in [0.25, 0.3) is 0 Å². The molecule has 5 heteroatoms. The van der Waals surface area contributed by atoms with Crippen molar-refractivity contribution in [3.8, 4) is 0 Å². The number of hydrogen-bond donors (Lipinski definition) is 3. The Morgan fingerprint density at radius 1 is 1.15 bits per heavy atom. The van der Waals surface area contributed by atoms with Gasteiger partial charge < -0.3 is 16.4 Å². The van der Waals surface area contributed by atoms with Crippen LogP contribution in [0.4, 0.5) is 0 Å². The minimum atomic E-state index is -0.525. The summed E-state index contributed by atoms with van der Waals surface area (Å²) < 4.78 is 0. The third-order valence-electron chi connectivity index (χ3n) is 2.78. The molecule has 0 rings (SSSR count). The van der Waals surface area contributed by atoms with E-state index in [0.29, 0.717) is 12.5 Å². The highest BCUT2D eigenvalue weighted by Gasteiger charge is 2.20. The Labute approximate surface area is 123 Å². The molecule has 4 N–H and O–H groups in total. The summed E-state index contributed by atoms with van der Waals surface area (Å²) in [6, 6.07) is -0.705. The van der Waals surface area contributed by atoms with Crippen LogP contribution in [0.2, 0.25) is 0 Å². The lowest BCUT2D eigenvalue weighted by atomic mass is 9.87. The normalized spacial score (nSPS) is 14.8. The molecule has 0 bridgehead atoms. The summed E-state index contributed by atoms with van der Waals surface area (Å²) in [6.45, 7) is 12.6. The predicted octanol–water partition coefficient (Wildman–Crippen LogP) is 1.42. The van der Waals surface area contributed by atoms with Crippen molar-refractivity contribution in [3.05, 3.63) is 0 Å². The van der Waals surface area contributed by atoms with Crippen LogP contribution in [0.1, 0.15) is 54.4 Å². The Morgan fingerprint density at radius 2 is 1.70 bits per heavy atom. The van der Waals surface area contributed by atoms with E-state index in [9.17, 15) is 9.59 Å².